The molecule has 1 aromatic carbocycles. The van der Waals surface area contributed by atoms with Crippen LogP contribution in [-0.4, -0.2) is 66.5 Å². The molecule has 1 N–H and O–H groups in total. The molecule has 2 aliphatic heterocycles. The quantitative estimate of drug-likeness (QED) is 0.516. The maximum atomic E-state index is 14.4. The lowest BCUT2D eigenvalue weighted by molar-refractivity contribution is 0.124. The molecule has 2 aromatic heterocycles. The number of pyridine rings is 2. The summed E-state index contributed by atoms with van der Waals surface area (Å²) in [5, 5.41) is 3.30. The zero-order valence-corrected chi connectivity index (χ0v) is 20.6. The highest BCUT2D eigenvalue weighted by atomic mass is 19.1. The number of fused-ring (bicyclic) bond motifs is 2. The normalized spacial score (nSPS) is 15.9. The Morgan fingerprint density at radius 1 is 1.14 bits per heavy atom. The maximum Gasteiger partial charge on any atom is 0.407 e. The Hall–Kier alpha value is -3.86. The van der Waals surface area contributed by atoms with E-state index < -0.39 is 11.9 Å². The van der Waals surface area contributed by atoms with Gasteiger partial charge in [0.2, 0.25) is 0 Å². The van der Waals surface area contributed by atoms with Crippen molar-refractivity contribution in [2.45, 2.75) is 32.0 Å². The zero-order valence-electron chi connectivity index (χ0n) is 20.6. The standard InChI is InChI=1S/C26H29FN4O6/c1-34-19-13-21(27)20-2-3-25(32)31(22(20)14-19)9-8-30-6-4-17(5-7-30)29-26(33)37-16-18-12-23-24(15-28-18)36-11-10-35-23/h2-3,12-15,17H,4-11,16H2,1H3,(H,29,33). The summed E-state index contributed by atoms with van der Waals surface area (Å²) in [4.78, 5) is 31.3. The monoisotopic (exact) mass is 512 g/mol. The highest BCUT2D eigenvalue weighted by molar-refractivity contribution is 5.81. The summed E-state index contributed by atoms with van der Waals surface area (Å²) in [6.45, 7) is 3.56. The Labute approximate surface area is 212 Å². The third-order valence-corrected chi connectivity index (χ3v) is 6.65. The molecule has 2 aliphatic rings. The van der Waals surface area contributed by atoms with Crippen LogP contribution in [-0.2, 0) is 17.9 Å². The fraction of sp³-hybridized carbons (Fsp3) is 0.423. The second-order valence-corrected chi connectivity index (χ2v) is 9.02. The molecule has 0 unspecified atom stereocenters. The molecule has 37 heavy (non-hydrogen) atoms. The van der Waals surface area contributed by atoms with Crippen molar-refractivity contribution in [1.29, 1.82) is 0 Å². The van der Waals surface area contributed by atoms with Crippen molar-refractivity contribution in [3.63, 3.8) is 0 Å². The minimum Gasteiger partial charge on any atom is -0.497 e. The average Bonchev–Trinajstić information content (AvgIpc) is 2.92. The van der Waals surface area contributed by atoms with Crippen LogP contribution in [0.5, 0.6) is 17.2 Å². The number of hydrogen-bond acceptors (Lipinski definition) is 8. The van der Waals surface area contributed by atoms with Gasteiger partial charge in [0.1, 0.15) is 31.4 Å². The van der Waals surface area contributed by atoms with Gasteiger partial charge < -0.3 is 33.7 Å². The lowest BCUT2D eigenvalue weighted by Gasteiger charge is -2.32. The first-order valence-corrected chi connectivity index (χ1v) is 12.3. The van der Waals surface area contributed by atoms with Crippen molar-refractivity contribution in [3.05, 3.63) is 58.4 Å². The van der Waals surface area contributed by atoms with Crippen LogP contribution in [0.3, 0.4) is 0 Å². The molecule has 1 saturated heterocycles. The summed E-state index contributed by atoms with van der Waals surface area (Å²) in [7, 11) is 1.47. The minimum absolute atomic E-state index is 0.00406. The molecule has 10 nitrogen and oxygen atoms in total. The van der Waals surface area contributed by atoms with E-state index in [0.29, 0.717) is 60.1 Å². The van der Waals surface area contributed by atoms with Gasteiger partial charge in [0, 0.05) is 61.9 Å². The van der Waals surface area contributed by atoms with E-state index in [4.69, 9.17) is 18.9 Å². The lowest BCUT2D eigenvalue weighted by atomic mass is 10.1. The molecule has 0 aliphatic carbocycles. The van der Waals surface area contributed by atoms with E-state index in [1.165, 1.54) is 25.3 Å². The third kappa shape index (κ3) is 5.77. The van der Waals surface area contributed by atoms with Crippen molar-refractivity contribution in [2.24, 2.45) is 0 Å². The van der Waals surface area contributed by atoms with Crippen molar-refractivity contribution in [2.75, 3.05) is 40.0 Å². The van der Waals surface area contributed by atoms with Crippen LogP contribution >= 0.6 is 0 Å². The van der Waals surface area contributed by atoms with E-state index in [-0.39, 0.29) is 18.2 Å². The van der Waals surface area contributed by atoms with Crippen LogP contribution in [0, 0.1) is 5.82 Å². The first-order chi connectivity index (χ1) is 18.0. The third-order valence-electron chi connectivity index (χ3n) is 6.65. The Morgan fingerprint density at radius 2 is 1.92 bits per heavy atom. The Morgan fingerprint density at radius 3 is 2.70 bits per heavy atom. The van der Waals surface area contributed by atoms with Gasteiger partial charge in [-0.25, -0.2) is 9.18 Å². The summed E-state index contributed by atoms with van der Waals surface area (Å²) in [5.74, 6) is 1.13. The van der Waals surface area contributed by atoms with Gasteiger partial charge in [-0.1, -0.05) is 0 Å². The van der Waals surface area contributed by atoms with E-state index in [9.17, 15) is 14.0 Å². The van der Waals surface area contributed by atoms with Crippen LogP contribution in [0.15, 0.2) is 41.3 Å². The number of carbonyl (C=O) groups excluding carboxylic acids is 1. The summed E-state index contributed by atoms with van der Waals surface area (Å²) >= 11 is 0. The SMILES string of the molecule is COc1cc(F)c2ccc(=O)n(CCN3CCC(NC(=O)OCc4cc5c(cn4)OCCO5)CC3)c2c1. The molecule has 0 spiro atoms. The van der Waals surface area contributed by atoms with Gasteiger partial charge in [-0.05, 0) is 18.9 Å². The fourth-order valence-electron chi connectivity index (χ4n) is 4.64. The van der Waals surface area contributed by atoms with Crippen LogP contribution in [0.4, 0.5) is 9.18 Å². The molecule has 4 heterocycles. The number of aromatic nitrogens is 2. The molecular formula is C26H29FN4O6. The summed E-state index contributed by atoms with van der Waals surface area (Å²) < 4.78 is 37.5. The number of methoxy groups -OCH3 is 1. The summed E-state index contributed by atoms with van der Waals surface area (Å²) in [5.41, 5.74) is 0.901. The number of nitrogens with one attached hydrogen (secondary N) is 1. The molecule has 1 fully saturated rings. The molecule has 0 bridgehead atoms. The van der Waals surface area contributed by atoms with E-state index >= 15 is 0 Å². The lowest BCUT2D eigenvalue weighted by Crippen LogP contribution is -2.45. The van der Waals surface area contributed by atoms with Crippen molar-refractivity contribution >= 4 is 17.0 Å². The molecule has 3 aromatic rings. The second kappa shape index (κ2) is 11.0. The minimum atomic E-state index is -0.492. The Bertz CT molecular complexity index is 1340. The molecule has 1 amide bonds. The average molecular weight is 513 g/mol. The summed E-state index contributed by atoms with van der Waals surface area (Å²) in [6, 6.07) is 7.60. The molecular weight excluding hydrogens is 483 g/mol. The van der Waals surface area contributed by atoms with Gasteiger partial charge in [-0.2, -0.15) is 0 Å². The van der Waals surface area contributed by atoms with E-state index in [1.807, 2.05) is 0 Å². The van der Waals surface area contributed by atoms with Gasteiger partial charge in [0.15, 0.2) is 11.5 Å². The molecule has 0 atom stereocenters. The van der Waals surface area contributed by atoms with Crippen LogP contribution in [0.1, 0.15) is 18.5 Å². The Balaban J connectivity index is 1.10. The van der Waals surface area contributed by atoms with Gasteiger partial charge in [-0.15, -0.1) is 0 Å². The van der Waals surface area contributed by atoms with Gasteiger partial charge >= 0.3 is 6.09 Å². The number of hydrogen-bond donors (Lipinski definition) is 1. The predicted molar refractivity (Wildman–Crippen MR) is 133 cm³/mol. The second-order valence-electron chi connectivity index (χ2n) is 9.02. The van der Waals surface area contributed by atoms with E-state index in [1.54, 1.807) is 22.9 Å². The number of amides is 1. The van der Waals surface area contributed by atoms with Crippen LogP contribution in [0.25, 0.3) is 10.9 Å². The van der Waals surface area contributed by atoms with Crippen molar-refractivity contribution in [3.8, 4) is 17.2 Å². The number of halogens is 1. The topological polar surface area (TPSA) is 104 Å². The number of rotatable bonds is 7. The number of benzene rings is 1. The molecule has 196 valence electrons. The number of ether oxygens (including phenoxy) is 4. The van der Waals surface area contributed by atoms with Crippen molar-refractivity contribution < 1.29 is 28.1 Å². The zero-order chi connectivity index (χ0) is 25.8. The molecule has 0 saturated carbocycles. The molecule has 0 radical (unpaired) electrons. The van der Waals surface area contributed by atoms with Crippen LogP contribution < -0.4 is 25.1 Å². The highest BCUT2D eigenvalue weighted by Crippen LogP contribution is 2.29. The molecule has 11 heteroatoms. The largest absolute Gasteiger partial charge is 0.497 e. The van der Waals surface area contributed by atoms with E-state index in [2.05, 4.69) is 15.2 Å². The number of carbonyl (C=O) groups is 1. The maximum absolute atomic E-state index is 14.4. The van der Waals surface area contributed by atoms with Gasteiger partial charge in [0.25, 0.3) is 5.56 Å². The Kier molecular flexibility index (Phi) is 7.40. The molecule has 5 rings (SSSR count). The first-order valence-electron chi connectivity index (χ1n) is 12.3. The van der Waals surface area contributed by atoms with Gasteiger partial charge in [-0.3, -0.25) is 9.78 Å². The number of alkyl carbamates (subject to hydrolysis) is 1. The number of nitrogens with zero attached hydrogens (tertiary/aromatic N) is 3. The first kappa shape index (κ1) is 24.8. The smallest absolute Gasteiger partial charge is 0.407 e. The number of piperidine rings is 1. The fourth-order valence-corrected chi connectivity index (χ4v) is 4.64. The van der Waals surface area contributed by atoms with Crippen molar-refractivity contribution in [1.82, 2.24) is 19.8 Å². The van der Waals surface area contributed by atoms with E-state index in [0.717, 1.165) is 25.9 Å². The van der Waals surface area contributed by atoms with Crippen LogP contribution in [0.2, 0.25) is 0 Å². The predicted octanol–water partition coefficient (Wildman–Crippen LogP) is 2.71. The number of likely N-dealkylation sites (tertiary alicyclic amines) is 1. The summed E-state index contributed by atoms with van der Waals surface area (Å²) in [6.07, 6.45) is 2.59. The van der Waals surface area contributed by atoms with Gasteiger partial charge in [0.05, 0.1) is 24.5 Å². The highest BCUT2D eigenvalue weighted by Gasteiger charge is 2.22.